The van der Waals surface area contributed by atoms with Crippen LogP contribution in [0.5, 0.6) is 0 Å². The van der Waals surface area contributed by atoms with Crippen LogP contribution in [-0.2, 0) is 0 Å². The number of nitrogens with zero attached hydrogens (tertiary/aromatic N) is 2. The normalized spacial score (nSPS) is 10.9. The molecule has 5 nitrogen and oxygen atoms in total. The molecule has 6 heteroatoms. The molecule has 0 unspecified atom stereocenters. The first-order chi connectivity index (χ1) is 11.7. The van der Waals surface area contributed by atoms with Crippen LogP contribution in [0.2, 0.25) is 0 Å². The first-order valence-electron chi connectivity index (χ1n) is 7.40. The van der Waals surface area contributed by atoms with Crippen molar-refractivity contribution in [3.05, 3.63) is 65.9 Å². The van der Waals surface area contributed by atoms with Gasteiger partial charge in [0.1, 0.15) is 0 Å². The molecule has 4 aromatic rings. The Bertz CT molecular complexity index is 1020. The van der Waals surface area contributed by atoms with Gasteiger partial charge >= 0.3 is 0 Å². The van der Waals surface area contributed by atoms with Crippen LogP contribution in [0, 0.1) is 6.92 Å². The minimum Gasteiger partial charge on any atom is -0.355 e. The molecule has 0 atom stereocenters. The smallest absolute Gasteiger partial charge is 0.279 e. The minimum absolute atomic E-state index is 0.227. The molecule has 0 radical (unpaired) electrons. The van der Waals surface area contributed by atoms with Gasteiger partial charge in [-0.1, -0.05) is 59.0 Å². The number of para-hydroxylation sites is 1. The summed E-state index contributed by atoms with van der Waals surface area (Å²) in [6.45, 7) is 2.00. The van der Waals surface area contributed by atoms with Crippen LogP contribution in [0.25, 0.3) is 21.5 Å². The highest BCUT2D eigenvalue weighted by atomic mass is 32.1. The van der Waals surface area contributed by atoms with Crippen molar-refractivity contribution in [1.82, 2.24) is 10.1 Å². The molecule has 0 fully saturated rings. The Morgan fingerprint density at radius 2 is 1.96 bits per heavy atom. The summed E-state index contributed by atoms with van der Waals surface area (Å²) in [7, 11) is 0. The van der Waals surface area contributed by atoms with Gasteiger partial charge in [0.05, 0.1) is 10.2 Å². The second kappa shape index (κ2) is 5.90. The topological polar surface area (TPSA) is 68.0 Å². The predicted molar refractivity (Wildman–Crippen MR) is 94.2 cm³/mol. The van der Waals surface area contributed by atoms with E-state index in [1.165, 1.54) is 11.3 Å². The summed E-state index contributed by atoms with van der Waals surface area (Å²) in [6, 6.07) is 17.1. The number of rotatable bonds is 3. The van der Waals surface area contributed by atoms with Crippen LogP contribution in [-0.4, -0.2) is 16.0 Å². The molecule has 1 amide bonds. The summed E-state index contributed by atoms with van der Waals surface area (Å²) < 4.78 is 6.30. The van der Waals surface area contributed by atoms with Crippen molar-refractivity contribution in [2.45, 2.75) is 6.92 Å². The van der Waals surface area contributed by atoms with E-state index in [1.54, 1.807) is 6.07 Å². The van der Waals surface area contributed by atoms with Crippen molar-refractivity contribution in [2.24, 2.45) is 0 Å². The fourth-order valence-electron chi connectivity index (χ4n) is 2.42. The van der Waals surface area contributed by atoms with Crippen LogP contribution in [0.1, 0.15) is 16.1 Å². The molecule has 118 valence electrons. The highest BCUT2D eigenvalue weighted by Gasteiger charge is 2.16. The quantitative estimate of drug-likeness (QED) is 0.598. The second-order valence-electron chi connectivity index (χ2n) is 5.34. The van der Waals surface area contributed by atoms with Gasteiger partial charge in [0.15, 0.2) is 16.6 Å². The van der Waals surface area contributed by atoms with Crippen LogP contribution in [0.4, 0.5) is 5.13 Å². The number of amides is 1. The lowest BCUT2D eigenvalue weighted by molar-refractivity contribution is 0.101. The van der Waals surface area contributed by atoms with Gasteiger partial charge in [-0.25, -0.2) is 4.98 Å². The maximum Gasteiger partial charge on any atom is 0.279 e. The third-order valence-electron chi connectivity index (χ3n) is 3.64. The number of nitrogens with one attached hydrogen (secondary N) is 1. The van der Waals surface area contributed by atoms with E-state index in [0.29, 0.717) is 10.9 Å². The number of hydrogen-bond acceptors (Lipinski definition) is 5. The summed E-state index contributed by atoms with van der Waals surface area (Å²) in [6.07, 6.45) is 0. The van der Waals surface area contributed by atoms with Gasteiger partial charge in [-0.2, -0.15) is 0 Å². The first kappa shape index (κ1) is 14.6. The molecule has 4 rings (SSSR count). The fourth-order valence-corrected chi connectivity index (χ4v) is 3.36. The van der Waals surface area contributed by atoms with Crippen molar-refractivity contribution in [2.75, 3.05) is 5.32 Å². The van der Waals surface area contributed by atoms with E-state index in [1.807, 2.05) is 55.5 Å². The largest absolute Gasteiger partial charge is 0.355 e. The maximum atomic E-state index is 12.4. The lowest BCUT2D eigenvalue weighted by atomic mass is 10.1. The molecule has 0 aliphatic heterocycles. The Morgan fingerprint density at radius 3 is 2.75 bits per heavy atom. The van der Waals surface area contributed by atoms with Gasteiger partial charge in [0.25, 0.3) is 5.91 Å². The Hall–Kier alpha value is -2.99. The van der Waals surface area contributed by atoms with Crippen LogP contribution < -0.4 is 5.32 Å². The zero-order valence-corrected chi connectivity index (χ0v) is 13.6. The van der Waals surface area contributed by atoms with E-state index in [4.69, 9.17) is 4.52 Å². The molecular weight excluding hydrogens is 322 g/mol. The molecule has 2 aromatic heterocycles. The van der Waals surface area contributed by atoms with Gasteiger partial charge in [0, 0.05) is 11.6 Å². The lowest BCUT2D eigenvalue weighted by Gasteiger charge is -1.95. The van der Waals surface area contributed by atoms with Crippen molar-refractivity contribution in [3.63, 3.8) is 0 Å². The van der Waals surface area contributed by atoms with E-state index >= 15 is 0 Å². The van der Waals surface area contributed by atoms with Gasteiger partial charge in [-0.3, -0.25) is 10.1 Å². The number of aromatic nitrogens is 2. The third-order valence-corrected chi connectivity index (χ3v) is 4.58. The lowest BCUT2D eigenvalue weighted by Crippen LogP contribution is -2.11. The molecule has 0 saturated carbocycles. The van der Waals surface area contributed by atoms with Gasteiger partial charge in [0.2, 0.25) is 0 Å². The van der Waals surface area contributed by atoms with Crippen molar-refractivity contribution in [1.29, 1.82) is 0 Å². The van der Waals surface area contributed by atoms with Crippen molar-refractivity contribution < 1.29 is 9.32 Å². The summed E-state index contributed by atoms with van der Waals surface area (Å²) in [5.74, 6) is 0.221. The molecule has 1 N–H and O–H groups in total. The highest BCUT2D eigenvalue weighted by molar-refractivity contribution is 7.22. The average Bonchev–Trinajstić information content (AvgIpc) is 3.23. The molecule has 24 heavy (non-hydrogen) atoms. The average molecular weight is 335 g/mol. The molecule has 0 saturated heterocycles. The summed E-state index contributed by atoms with van der Waals surface area (Å²) in [4.78, 5) is 16.8. The molecule has 0 aliphatic rings. The van der Waals surface area contributed by atoms with Crippen LogP contribution >= 0.6 is 11.3 Å². The summed E-state index contributed by atoms with van der Waals surface area (Å²) in [5.41, 5.74) is 3.09. The van der Waals surface area contributed by atoms with Gasteiger partial charge < -0.3 is 4.52 Å². The van der Waals surface area contributed by atoms with Crippen molar-refractivity contribution in [3.8, 4) is 11.3 Å². The Kier molecular flexibility index (Phi) is 3.59. The maximum absolute atomic E-state index is 12.4. The number of hydrogen-bond donors (Lipinski definition) is 1. The van der Waals surface area contributed by atoms with Crippen molar-refractivity contribution >= 4 is 32.6 Å². The second-order valence-corrected chi connectivity index (χ2v) is 6.37. The fraction of sp³-hybridized carbons (Fsp3) is 0.0556. The number of carbonyl (C=O) groups excluding carboxylic acids is 1. The van der Waals surface area contributed by atoms with Gasteiger partial charge in [-0.05, 0) is 18.6 Å². The zero-order chi connectivity index (χ0) is 16.5. The van der Waals surface area contributed by atoms with E-state index in [2.05, 4.69) is 15.5 Å². The number of carbonyl (C=O) groups is 1. The third kappa shape index (κ3) is 2.68. The van der Waals surface area contributed by atoms with E-state index in [0.717, 1.165) is 21.3 Å². The zero-order valence-electron chi connectivity index (χ0n) is 12.8. The number of thiazole rings is 1. The number of aryl methyl sites for hydroxylation is 1. The van der Waals surface area contributed by atoms with E-state index in [9.17, 15) is 4.79 Å². The van der Waals surface area contributed by atoms with Crippen LogP contribution in [0.3, 0.4) is 0 Å². The Labute approximate surface area is 141 Å². The molecule has 2 heterocycles. The van der Waals surface area contributed by atoms with E-state index < -0.39 is 0 Å². The minimum atomic E-state index is -0.336. The van der Waals surface area contributed by atoms with E-state index in [-0.39, 0.29) is 11.6 Å². The molecule has 0 bridgehead atoms. The predicted octanol–water partition coefficient (Wildman–Crippen LogP) is 4.51. The number of benzene rings is 2. The molecule has 0 spiro atoms. The molecule has 0 aliphatic carbocycles. The van der Waals surface area contributed by atoms with Gasteiger partial charge in [-0.15, -0.1) is 0 Å². The van der Waals surface area contributed by atoms with Crippen LogP contribution in [0.15, 0.2) is 59.1 Å². The highest BCUT2D eigenvalue weighted by Crippen LogP contribution is 2.28. The number of anilines is 1. The summed E-state index contributed by atoms with van der Waals surface area (Å²) >= 11 is 1.44. The summed E-state index contributed by atoms with van der Waals surface area (Å²) in [5, 5.41) is 7.19. The SMILES string of the molecule is Cc1cccc2sc(NC(=O)c3cc(-c4ccccc4)on3)nc12. The molecule has 2 aromatic carbocycles. The Balaban J connectivity index is 1.58. The molecular formula is C18H13N3O2S. The number of fused-ring (bicyclic) bond motifs is 1. The Morgan fingerprint density at radius 1 is 1.12 bits per heavy atom. The standard InChI is InChI=1S/C18H13N3O2S/c1-11-6-5-9-15-16(11)19-18(24-15)20-17(22)13-10-14(23-21-13)12-7-3-2-4-8-12/h2-10H,1H3,(H,19,20,22). The first-order valence-corrected chi connectivity index (χ1v) is 8.22. The monoisotopic (exact) mass is 335 g/mol.